The van der Waals surface area contributed by atoms with E-state index in [4.69, 9.17) is 0 Å². The molecule has 2 aromatic rings. The van der Waals surface area contributed by atoms with Crippen molar-refractivity contribution in [3.8, 4) is 0 Å². The van der Waals surface area contributed by atoms with Crippen LogP contribution in [0.25, 0.3) is 0 Å². The molecule has 190 valence electrons. The lowest BCUT2D eigenvalue weighted by Crippen LogP contribution is -2.46. The topological polar surface area (TPSA) is 94.6 Å². The summed E-state index contributed by atoms with van der Waals surface area (Å²) in [4.78, 5) is 22.4. The monoisotopic (exact) mass is 499 g/mol. The number of piperazine rings is 1. The van der Waals surface area contributed by atoms with E-state index in [0.29, 0.717) is 29.5 Å². The summed E-state index contributed by atoms with van der Waals surface area (Å²) in [5, 5.41) is 3.32. The van der Waals surface area contributed by atoms with Gasteiger partial charge in [-0.05, 0) is 62.3 Å². The zero-order chi connectivity index (χ0) is 25.0. The molecular weight excluding hydrogens is 462 g/mol. The van der Waals surface area contributed by atoms with Crippen LogP contribution < -0.4 is 14.9 Å². The van der Waals surface area contributed by atoms with Crippen molar-refractivity contribution < 1.29 is 13.2 Å². The number of piperidine rings is 1. The van der Waals surface area contributed by atoms with Gasteiger partial charge in [-0.1, -0.05) is 26.0 Å². The van der Waals surface area contributed by atoms with Crippen LogP contribution in [-0.4, -0.2) is 63.0 Å². The molecule has 1 aromatic heterocycles. The number of carbonyl (C=O) groups excluding carboxylic acids is 1. The minimum Gasteiger partial charge on any atom is -0.353 e. The molecule has 2 saturated heterocycles. The maximum Gasteiger partial charge on any atom is 0.261 e. The van der Waals surface area contributed by atoms with Gasteiger partial charge in [-0.2, -0.15) is 0 Å². The number of benzene rings is 1. The van der Waals surface area contributed by atoms with Crippen LogP contribution in [0.1, 0.15) is 56.0 Å². The fourth-order valence-electron chi connectivity index (χ4n) is 4.84. The smallest absolute Gasteiger partial charge is 0.261 e. The molecule has 9 heteroatoms. The van der Waals surface area contributed by atoms with Gasteiger partial charge in [0.05, 0.1) is 22.3 Å². The quantitative estimate of drug-likeness (QED) is 0.606. The number of amides is 1. The highest BCUT2D eigenvalue weighted by Gasteiger charge is 2.29. The van der Waals surface area contributed by atoms with E-state index < -0.39 is 10.0 Å². The van der Waals surface area contributed by atoms with Gasteiger partial charge in [0.1, 0.15) is 5.82 Å². The standard InChI is InChI=1S/C26H37N5O3S/c1-19(2)16-21-7-9-23(10-8-21)35(33,34)29-22-17-24(26(32)31-13-5-4-6-20(31)3)25(28-18-22)30-14-11-27-12-15-30/h7-10,17-20,27,29H,4-6,11-16H2,1-3H3/t20-/m0/s1. The Morgan fingerprint density at radius 1 is 1.14 bits per heavy atom. The normalized spacial score (nSPS) is 19.1. The number of anilines is 2. The third-order valence-electron chi connectivity index (χ3n) is 6.71. The summed E-state index contributed by atoms with van der Waals surface area (Å²) in [6.45, 7) is 10.2. The molecule has 35 heavy (non-hydrogen) atoms. The van der Waals surface area contributed by atoms with E-state index in [9.17, 15) is 13.2 Å². The third-order valence-corrected chi connectivity index (χ3v) is 8.10. The molecule has 2 N–H and O–H groups in total. The summed E-state index contributed by atoms with van der Waals surface area (Å²) >= 11 is 0. The molecule has 2 fully saturated rings. The van der Waals surface area contributed by atoms with Gasteiger partial charge in [-0.25, -0.2) is 13.4 Å². The molecule has 0 radical (unpaired) electrons. The van der Waals surface area contributed by atoms with Gasteiger partial charge in [0.25, 0.3) is 15.9 Å². The fourth-order valence-corrected chi connectivity index (χ4v) is 5.88. The first-order valence-electron chi connectivity index (χ1n) is 12.6. The van der Waals surface area contributed by atoms with Crippen LogP contribution >= 0.6 is 0 Å². The highest BCUT2D eigenvalue weighted by molar-refractivity contribution is 7.92. The summed E-state index contributed by atoms with van der Waals surface area (Å²) < 4.78 is 28.8. The zero-order valence-electron chi connectivity index (χ0n) is 21.0. The highest BCUT2D eigenvalue weighted by atomic mass is 32.2. The predicted molar refractivity (Wildman–Crippen MR) is 139 cm³/mol. The number of nitrogens with zero attached hydrogens (tertiary/aromatic N) is 3. The molecule has 0 spiro atoms. The molecule has 1 aromatic carbocycles. The number of aromatic nitrogens is 1. The Morgan fingerprint density at radius 2 is 1.86 bits per heavy atom. The van der Waals surface area contributed by atoms with Gasteiger partial charge in [0.15, 0.2) is 0 Å². The van der Waals surface area contributed by atoms with E-state index >= 15 is 0 Å². The van der Waals surface area contributed by atoms with Crippen LogP contribution in [0.3, 0.4) is 0 Å². The van der Waals surface area contributed by atoms with Gasteiger partial charge in [-0.3, -0.25) is 9.52 Å². The van der Waals surface area contributed by atoms with Crippen LogP contribution in [0.4, 0.5) is 11.5 Å². The lowest BCUT2D eigenvalue weighted by Gasteiger charge is -2.35. The van der Waals surface area contributed by atoms with Crippen molar-refractivity contribution in [3.05, 3.63) is 47.7 Å². The third kappa shape index (κ3) is 6.13. The van der Waals surface area contributed by atoms with E-state index in [1.807, 2.05) is 17.0 Å². The van der Waals surface area contributed by atoms with Crippen molar-refractivity contribution >= 4 is 27.4 Å². The largest absolute Gasteiger partial charge is 0.353 e. The number of hydrogen-bond acceptors (Lipinski definition) is 6. The maximum absolute atomic E-state index is 13.7. The lowest BCUT2D eigenvalue weighted by molar-refractivity contribution is 0.0636. The molecule has 0 unspecified atom stereocenters. The SMILES string of the molecule is CC(C)Cc1ccc(S(=O)(=O)Nc2cnc(N3CCNCC3)c(C(=O)N3CCCC[C@@H]3C)c2)cc1. The Hall–Kier alpha value is -2.65. The van der Waals surface area contributed by atoms with Crippen molar-refractivity contribution in [1.82, 2.24) is 15.2 Å². The molecule has 0 aliphatic carbocycles. The Bertz CT molecular complexity index is 1130. The maximum atomic E-state index is 13.7. The van der Waals surface area contributed by atoms with Crippen LogP contribution in [0.5, 0.6) is 0 Å². The predicted octanol–water partition coefficient (Wildman–Crippen LogP) is 3.51. The first-order valence-corrected chi connectivity index (χ1v) is 14.1. The summed E-state index contributed by atoms with van der Waals surface area (Å²) in [7, 11) is -3.81. The number of sulfonamides is 1. The molecule has 1 amide bonds. The first kappa shape index (κ1) is 25.4. The fraction of sp³-hybridized carbons (Fsp3) is 0.538. The Labute approximate surface area is 209 Å². The summed E-state index contributed by atoms with van der Waals surface area (Å²) in [5.74, 6) is 1.03. The molecular formula is C26H37N5O3S. The van der Waals surface area contributed by atoms with Gasteiger partial charge in [0.2, 0.25) is 0 Å². The van der Waals surface area contributed by atoms with E-state index in [0.717, 1.165) is 57.4 Å². The minimum atomic E-state index is -3.81. The number of pyridine rings is 1. The molecule has 2 aliphatic heterocycles. The van der Waals surface area contributed by atoms with E-state index in [1.54, 1.807) is 18.2 Å². The molecule has 4 rings (SSSR count). The molecule has 2 aliphatic rings. The van der Waals surface area contributed by atoms with Crippen molar-refractivity contribution in [2.45, 2.75) is 57.4 Å². The number of likely N-dealkylation sites (tertiary alicyclic amines) is 1. The lowest BCUT2D eigenvalue weighted by atomic mass is 10.0. The number of hydrogen-bond donors (Lipinski definition) is 2. The zero-order valence-corrected chi connectivity index (χ0v) is 21.8. The summed E-state index contributed by atoms with van der Waals surface area (Å²) in [6, 6.07) is 8.77. The second-order valence-corrected chi connectivity index (χ2v) is 11.7. The second-order valence-electron chi connectivity index (χ2n) is 10.0. The number of nitrogens with one attached hydrogen (secondary N) is 2. The van der Waals surface area contributed by atoms with Crippen molar-refractivity contribution in [2.75, 3.05) is 42.3 Å². The Balaban J connectivity index is 1.62. The molecule has 8 nitrogen and oxygen atoms in total. The number of carbonyl (C=O) groups is 1. The number of rotatable bonds is 7. The first-order chi connectivity index (χ1) is 16.7. The van der Waals surface area contributed by atoms with Crippen molar-refractivity contribution in [1.29, 1.82) is 0 Å². The van der Waals surface area contributed by atoms with Crippen molar-refractivity contribution in [2.24, 2.45) is 5.92 Å². The Kier molecular flexibility index (Phi) is 7.96. The van der Waals surface area contributed by atoms with Crippen molar-refractivity contribution in [3.63, 3.8) is 0 Å². The molecule has 0 saturated carbocycles. The van der Waals surface area contributed by atoms with Crippen LogP contribution in [0.2, 0.25) is 0 Å². The average molecular weight is 500 g/mol. The second kappa shape index (κ2) is 11.0. The average Bonchev–Trinajstić information content (AvgIpc) is 2.84. The van der Waals surface area contributed by atoms with Crippen LogP contribution in [0.15, 0.2) is 41.4 Å². The van der Waals surface area contributed by atoms with Gasteiger partial charge in [-0.15, -0.1) is 0 Å². The minimum absolute atomic E-state index is 0.0858. The van der Waals surface area contributed by atoms with Gasteiger partial charge in [0, 0.05) is 38.8 Å². The van der Waals surface area contributed by atoms with Crippen LogP contribution in [0, 0.1) is 5.92 Å². The molecule has 1 atom stereocenters. The summed E-state index contributed by atoms with van der Waals surface area (Å²) in [5.41, 5.74) is 1.85. The van der Waals surface area contributed by atoms with E-state index in [-0.39, 0.29) is 16.8 Å². The van der Waals surface area contributed by atoms with Gasteiger partial charge >= 0.3 is 0 Å². The van der Waals surface area contributed by atoms with E-state index in [1.165, 1.54) is 6.20 Å². The summed E-state index contributed by atoms with van der Waals surface area (Å²) in [6.07, 6.45) is 5.47. The Morgan fingerprint density at radius 3 is 2.51 bits per heavy atom. The molecule has 0 bridgehead atoms. The molecule has 3 heterocycles. The van der Waals surface area contributed by atoms with E-state index in [2.05, 4.69) is 40.7 Å². The van der Waals surface area contributed by atoms with Crippen LogP contribution in [-0.2, 0) is 16.4 Å². The highest BCUT2D eigenvalue weighted by Crippen LogP contribution is 2.28. The van der Waals surface area contributed by atoms with Gasteiger partial charge < -0.3 is 15.1 Å².